The fraction of sp³-hybridized carbons (Fsp3) is 0.462. The number of pyridine rings is 1. The van der Waals surface area contributed by atoms with Gasteiger partial charge in [-0.15, -0.1) is 0 Å². The summed E-state index contributed by atoms with van der Waals surface area (Å²) < 4.78 is 8.67. The molecule has 1 atom stereocenters. The molecule has 1 unspecified atom stereocenters. The van der Waals surface area contributed by atoms with Crippen LogP contribution in [0.4, 0.5) is 0 Å². The van der Waals surface area contributed by atoms with E-state index in [1.165, 1.54) is 0 Å². The number of ether oxygens (including phenoxy) is 1. The van der Waals surface area contributed by atoms with Gasteiger partial charge in [-0.25, -0.2) is 4.98 Å². The molecule has 1 aliphatic heterocycles. The first kappa shape index (κ1) is 12.1. The molecule has 96 valence electrons. The van der Waals surface area contributed by atoms with Crippen LogP contribution in [0.3, 0.4) is 0 Å². The average molecular weight is 310 g/mol. The Morgan fingerprint density at radius 2 is 2.33 bits per heavy atom. The SMILES string of the molecule is CC1CN(Cc2cn3cc(Br)ccc3n2)CCO1. The van der Waals surface area contributed by atoms with Crippen molar-refractivity contribution in [3.63, 3.8) is 0 Å². The summed E-state index contributed by atoms with van der Waals surface area (Å²) in [6.45, 7) is 5.81. The average Bonchev–Trinajstić information content (AvgIpc) is 2.70. The van der Waals surface area contributed by atoms with E-state index < -0.39 is 0 Å². The van der Waals surface area contributed by atoms with Crippen LogP contribution in [0.15, 0.2) is 29.0 Å². The number of imidazole rings is 1. The topological polar surface area (TPSA) is 29.8 Å². The van der Waals surface area contributed by atoms with Gasteiger partial charge in [0.05, 0.1) is 18.4 Å². The first-order valence-electron chi connectivity index (χ1n) is 6.18. The smallest absolute Gasteiger partial charge is 0.137 e. The summed E-state index contributed by atoms with van der Waals surface area (Å²) in [6, 6.07) is 4.04. The maximum atomic E-state index is 5.55. The monoisotopic (exact) mass is 309 g/mol. The highest BCUT2D eigenvalue weighted by atomic mass is 79.9. The molecule has 1 saturated heterocycles. The highest BCUT2D eigenvalue weighted by Crippen LogP contribution is 2.14. The van der Waals surface area contributed by atoms with Crippen LogP contribution in [0.25, 0.3) is 5.65 Å². The Morgan fingerprint density at radius 1 is 1.44 bits per heavy atom. The Kier molecular flexibility index (Phi) is 3.37. The molecule has 3 rings (SSSR count). The van der Waals surface area contributed by atoms with Crippen LogP contribution in [0.1, 0.15) is 12.6 Å². The van der Waals surface area contributed by atoms with E-state index in [1.807, 2.05) is 18.3 Å². The van der Waals surface area contributed by atoms with E-state index >= 15 is 0 Å². The van der Waals surface area contributed by atoms with E-state index in [2.05, 4.69) is 43.3 Å². The normalized spacial score (nSPS) is 21.6. The van der Waals surface area contributed by atoms with Gasteiger partial charge < -0.3 is 9.14 Å². The third-order valence-corrected chi connectivity index (χ3v) is 3.64. The molecule has 2 aromatic rings. The second-order valence-electron chi connectivity index (χ2n) is 4.76. The van der Waals surface area contributed by atoms with Crippen molar-refractivity contribution < 1.29 is 4.74 Å². The fourth-order valence-corrected chi connectivity index (χ4v) is 2.71. The lowest BCUT2D eigenvalue weighted by Gasteiger charge is -2.30. The number of fused-ring (bicyclic) bond motifs is 1. The second kappa shape index (κ2) is 4.99. The number of nitrogens with zero attached hydrogens (tertiary/aromatic N) is 3. The summed E-state index contributed by atoms with van der Waals surface area (Å²) in [5.74, 6) is 0. The molecule has 18 heavy (non-hydrogen) atoms. The van der Waals surface area contributed by atoms with Gasteiger partial charge in [-0.2, -0.15) is 0 Å². The molecular formula is C13H16BrN3O. The van der Waals surface area contributed by atoms with Gasteiger partial charge in [0.15, 0.2) is 0 Å². The van der Waals surface area contributed by atoms with E-state index in [9.17, 15) is 0 Å². The molecule has 4 nitrogen and oxygen atoms in total. The summed E-state index contributed by atoms with van der Waals surface area (Å²) in [5, 5.41) is 0. The van der Waals surface area contributed by atoms with E-state index in [0.717, 1.165) is 42.1 Å². The molecule has 0 aromatic carbocycles. The zero-order chi connectivity index (χ0) is 12.5. The van der Waals surface area contributed by atoms with Crippen molar-refractivity contribution in [3.8, 4) is 0 Å². The molecule has 1 aliphatic rings. The van der Waals surface area contributed by atoms with E-state index in [1.54, 1.807) is 0 Å². The number of halogens is 1. The van der Waals surface area contributed by atoms with Crippen LogP contribution in [0.5, 0.6) is 0 Å². The molecule has 0 amide bonds. The number of rotatable bonds is 2. The van der Waals surface area contributed by atoms with Crippen molar-refractivity contribution in [1.82, 2.24) is 14.3 Å². The lowest BCUT2D eigenvalue weighted by molar-refractivity contribution is -0.0215. The van der Waals surface area contributed by atoms with Gasteiger partial charge in [0, 0.05) is 36.5 Å². The number of hydrogen-bond acceptors (Lipinski definition) is 3. The summed E-state index contributed by atoms with van der Waals surface area (Å²) in [5.41, 5.74) is 2.11. The molecule has 2 aromatic heterocycles. The van der Waals surface area contributed by atoms with Crippen molar-refractivity contribution in [3.05, 3.63) is 34.7 Å². The summed E-state index contributed by atoms with van der Waals surface area (Å²) in [4.78, 5) is 7.03. The van der Waals surface area contributed by atoms with Crippen LogP contribution in [0.2, 0.25) is 0 Å². The molecule has 5 heteroatoms. The second-order valence-corrected chi connectivity index (χ2v) is 5.68. The molecule has 0 spiro atoms. The first-order valence-corrected chi connectivity index (χ1v) is 6.97. The van der Waals surface area contributed by atoms with Gasteiger partial charge in [-0.3, -0.25) is 4.90 Å². The zero-order valence-electron chi connectivity index (χ0n) is 10.3. The molecule has 0 radical (unpaired) electrons. The van der Waals surface area contributed by atoms with Crippen molar-refractivity contribution in [2.75, 3.05) is 19.7 Å². The van der Waals surface area contributed by atoms with Crippen LogP contribution in [0, 0.1) is 0 Å². The first-order chi connectivity index (χ1) is 8.70. The van der Waals surface area contributed by atoms with Gasteiger partial charge in [0.2, 0.25) is 0 Å². The molecule has 0 saturated carbocycles. The predicted molar refractivity (Wildman–Crippen MR) is 73.6 cm³/mol. The van der Waals surface area contributed by atoms with Crippen LogP contribution in [-0.4, -0.2) is 40.1 Å². The van der Waals surface area contributed by atoms with Crippen molar-refractivity contribution >= 4 is 21.6 Å². The highest BCUT2D eigenvalue weighted by Gasteiger charge is 2.17. The standard InChI is InChI=1S/C13H16BrN3O/c1-10-6-16(4-5-18-10)8-12-9-17-7-11(14)2-3-13(17)15-12/h2-3,7,9-10H,4-6,8H2,1H3. The summed E-state index contributed by atoms with van der Waals surface area (Å²) in [7, 11) is 0. The van der Waals surface area contributed by atoms with Gasteiger partial charge in [0.25, 0.3) is 0 Å². The number of morpholine rings is 1. The lowest BCUT2D eigenvalue weighted by Crippen LogP contribution is -2.40. The third-order valence-electron chi connectivity index (χ3n) is 3.18. The largest absolute Gasteiger partial charge is 0.376 e. The molecule has 0 aliphatic carbocycles. The Morgan fingerprint density at radius 3 is 3.17 bits per heavy atom. The van der Waals surface area contributed by atoms with Crippen LogP contribution in [-0.2, 0) is 11.3 Å². The van der Waals surface area contributed by atoms with Gasteiger partial charge in [0.1, 0.15) is 5.65 Å². The van der Waals surface area contributed by atoms with Crippen LogP contribution < -0.4 is 0 Å². The molecule has 0 N–H and O–H groups in total. The summed E-state index contributed by atoms with van der Waals surface area (Å²) in [6.07, 6.45) is 4.46. The maximum absolute atomic E-state index is 5.55. The molecular weight excluding hydrogens is 294 g/mol. The van der Waals surface area contributed by atoms with E-state index in [4.69, 9.17) is 4.74 Å². The number of aromatic nitrogens is 2. The lowest BCUT2D eigenvalue weighted by atomic mass is 10.3. The Bertz CT molecular complexity index is 554. The van der Waals surface area contributed by atoms with Gasteiger partial charge in [-0.05, 0) is 35.0 Å². The quantitative estimate of drug-likeness (QED) is 0.853. The van der Waals surface area contributed by atoms with Crippen molar-refractivity contribution in [2.24, 2.45) is 0 Å². The van der Waals surface area contributed by atoms with Gasteiger partial charge >= 0.3 is 0 Å². The zero-order valence-corrected chi connectivity index (χ0v) is 11.9. The molecule has 0 bridgehead atoms. The van der Waals surface area contributed by atoms with E-state index in [-0.39, 0.29) is 0 Å². The van der Waals surface area contributed by atoms with Crippen molar-refractivity contribution in [1.29, 1.82) is 0 Å². The predicted octanol–water partition coefficient (Wildman–Crippen LogP) is 2.32. The Labute approximate surface area is 115 Å². The fourth-order valence-electron chi connectivity index (χ4n) is 2.36. The Balaban J connectivity index is 1.78. The molecule has 1 fully saturated rings. The minimum absolute atomic E-state index is 0.324. The Hall–Kier alpha value is -0.910. The maximum Gasteiger partial charge on any atom is 0.137 e. The highest BCUT2D eigenvalue weighted by molar-refractivity contribution is 9.10. The minimum Gasteiger partial charge on any atom is -0.376 e. The van der Waals surface area contributed by atoms with Crippen LogP contribution >= 0.6 is 15.9 Å². The van der Waals surface area contributed by atoms with E-state index in [0.29, 0.717) is 6.10 Å². The number of hydrogen-bond donors (Lipinski definition) is 0. The molecule has 3 heterocycles. The van der Waals surface area contributed by atoms with Gasteiger partial charge in [-0.1, -0.05) is 0 Å². The summed E-state index contributed by atoms with van der Waals surface area (Å²) >= 11 is 3.47. The third kappa shape index (κ3) is 2.58. The van der Waals surface area contributed by atoms with Crippen molar-refractivity contribution in [2.45, 2.75) is 19.6 Å². The minimum atomic E-state index is 0.324.